The summed E-state index contributed by atoms with van der Waals surface area (Å²) in [5.74, 6) is 0.580. The topological polar surface area (TPSA) is 44.8 Å². The van der Waals surface area contributed by atoms with Crippen molar-refractivity contribution in [2.75, 3.05) is 39.3 Å². The second kappa shape index (κ2) is 7.02. The van der Waals surface area contributed by atoms with Crippen LogP contribution < -0.4 is 5.32 Å². The zero-order chi connectivity index (χ0) is 16.4. The van der Waals surface area contributed by atoms with Crippen molar-refractivity contribution < 1.29 is 9.53 Å². The largest absolute Gasteiger partial charge is 0.372 e. The second-order valence-corrected chi connectivity index (χ2v) is 8.37. The quantitative estimate of drug-likeness (QED) is 0.888. The highest BCUT2D eigenvalue weighted by Gasteiger charge is 2.52. The lowest BCUT2D eigenvalue weighted by Crippen LogP contribution is -2.64. The van der Waals surface area contributed by atoms with Gasteiger partial charge in [-0.15, -0.1) is 11.3 Å². The van der Waals surface area contributed by atoms with Crippen molar-refractivity contribution in [1.82, 2.24) is 15.1 Å². The van der Waals surface area contributed by atoms with Crippen molar-refractivity contribution >= 4 is 17.4 Å². The fraction of sp³-hybridized carbons (Fsp3) is 0.722. The van der Waals surface area contributed by atoms with Crippen LogP contribution in [-0.4, -0.2) is 60.8 Å². The van der Waals surface area contributed by atoms with Gasteiger partial charge in [-0.2, -0.15) is 0 Å². The van der Waals surface area contributed by atoms with E-state index in [-0.39, 0.29) is 11.6 Å². The predicted molar refractivity (Wildman–Crippen MR) is 95.2 cm³/mol. The van der Waals surface area contributed by atoms with Gasteiger partial charge in [0.05, 0.1) is 5.60 Å². The van der Waals surface area contributed by atoms with Crippen molar-refractivity contribution in [2.45, 2.75) is 37.8 Å². The van der Waals surface area contributed by atoms with Gasteiger partial charge in [0.2, 0.25) is 0 Å². The monoisotopic (exact) mass is 349 g/mol. The first kappa shape index (κ1) is 16.4. The molecule has 3 fully saturated rings. The van der Waals surface area contributed by atoms with Crippen molar-refractivity contribution in [3.05, 3.63) is 22.4 Å². The molecular formula is C18H27N3O2S. The van der Waals surface area contributed by atoms with E-state index in [1.165, 1.54) is 4.88 Å². The Labute approximate surface area is 148 Å². The molecule has 4 rings (SSSR count). The maximum atomic E-state index is 12.1. The van der Waals surface area contributed by atoms with Gasteiger partial charge in [0.25, 0.3) is 0 Å². The number of hydrogen-bond acceptors (Lipinski definition) is 4. The Morgan fingerprint density at radius 1 is 1.38 bits per heavy atom. The van der Waals surface area contributed by atoms with Gasteiger partial charge in [-0.3, -0.25) is 4.90 Å². The van der Waals surface area contributed by atoms with Crippen LogP contribution in [0.5, 0.6) is 0 Å². The minimum atomic E-state index is 0.0512. The third kappa shape index (κ3) is 3.32. The summed E-state index contributed by atoms with van der Waals surface area (Å²) in [5.41, 5.74) is 0.0512. The molecule has 4 heterocycles. The number of likely N-dealkylation sites (tertiary alicyclic amines) is 2. The third-order valence-corrected chi connectivity index (χ3v) is 6.57. The molecule has 1 aromatic rings. The number of ether oxygens (including phenoxy) is 1. The van der Waals surface area contributed by atoms with Crippen LogP contribution in [0, 0.1) is 5.92 Å². The van der Waals surface area contributed by atoms with Crippen LogP contribution in [-0.2, 0) is 11.3 Å². The molecule has 0 bridgehead atoms. The Bertz CT molecular complexity index is 551. The zero-order valence-electron chi connectivity index (χ0n) is 14.2. The molecule has 24 heavy (non-hydrogen) atoms. The number of carbonyl (C=O) groups is 1. The van der Waals surface area contributed by atoms with Crippen molar-refractivity contribution in [1.29, 1.82) is 0 Å². The maximum absolute atomic E-state index is 12.1. The number of rotatable bonds is 5. The Morgan fingerprint density at radius 2 is 2.21 bits per heavy atom. The van der Waals surface area contributed by atoms with Gasteiger partial charge in [-0.25, -0.2) is 4.79 Å². The minimum Gasteiger partial charge on any atom is -0.372 e. The number of nitrogens with zero attached hydrogens (tertiary/aromatic N) is 2. The van der Waals surface area contributed by atoms with Crippen LogP contribution >= 0.6 is 11.3 Å². The molecule has 3 saturated heterocycles. The summed E-state index contributed by atoms with van der Waals surface area (Å²) >= 11 is 1.83. The van der Waals surface area contributed by atoms with E-state index in [9.17, 15) is 4.79 Å². The molecule has 1 N–H and O–H groups in total. The van der Waals surface area contributed by atoms with Crippen molar-refractivity contribution in [2.24, 2.45) is 5.92 Å². The average molecular weight is 350 g/mol. The van der Waals surface area contributed by atoms with Gasteiger partial charge in [-0.1, -0.05) is 6.07 Å². The average Bonchev–Trinajstić information content (AvgIpc) is 3.28. The fourth-order valence-corrected chi connectivity index (χ4v) is 5.12. The van der Waals surface area contributed by atoms with Crippen LogP contribution in [0.4, 0.5) is 4.79 Å². The molecule has 0 aliphatic carbocycles. The molecule has 132 valence electrons. The van der Waals surface area contributed by atoms with E-state index >= 15 is 0 Å². The summed E-state index contributed by atoms with van der Waals surface area (Å²) in [7, 11) is 0. The molecular weight excluding hydrogens is 322 g/mol. The highest BCUT2D eigenvalue weighted by Crippen LogP contribution is 2.42. The molecule has 1 aromatic heterocycles. The van der Waals surface area contributed by atoms with Gasteiger partial charge in [0.1, 0.15) is 0 Å². The van der Waals surface area contributed by atoms with Crippen LogP contribution in [0.1, 0.15) is 30.6 Å². The van der Waals surface area contributed by atoms with Crippen LogP contribution in [0.3, 0.4) is 0 Å². The molecule has 6 heteroatoms. The van der Waals surface area contributed by atoms with Gasteiger partial charge >= 0.3 is 6.03 Å². The molecule has 1 atom stereocenters. The van der Waals surface area contributed by atoms with Gasteiger partial charge in [0, 0.05) is 50.8 Å². The number of thiophene rings is 1. The molecule has 0 unspecified atom stereocenters. The summed E-state index contributed by atoms with van der Waals surface area (Å²) in [6.45, 7) is 6.60. The van der Waals surface area contributed by atoms with Crippen LogP contribution in [0.25, 0.3) is 0 Å². The summed E-state index contributed by atoms with van der Waals surface area (Å²) < 4.78 is 6.13. The molecule has 3 aliphatic rings. The van der Waals surface area contributed by atoms with Crippen molar-refractivity contribution in [3.63, 3.8) is 0 Å². The number of hydrogen-bond donors (Lipinski definition) is 1. The van der Waals surface area contributed by atoms with Gasteiger partial charge < -0.3 is 15.0 Å². The number of urea groups is 1. The van der Waals surface area contributed by atoms with Crippen LogP contribution in [0.15, 0.2) is 17.5 Å². The highest BCUT2D eigenvalue weighted by atomic mass is 32.1. The maximum Gasteiger partial charge on any atom is 0.317 e. The smallest absolute Gasteiger partial charge is 0.317 e. The van der Waals surface area contributed by atoms with E-state index in [4.69, 9.17) is 4.74 Å². The van der Waals surface area contributed by atoms with Crippen LogP contribution in [0.2, 0.25) is 0 Å². The summed E-state index contributed by atoms with van der Waals surface area (Å²) in [6, 6.07) is 4.44. The van der Waals surface area contributed by atoms with E-state index in [2.05, 4.69) is 27.7 Å². The number of carbonyl (C=O) groups excluding carboxylic acids is 1. The Kier molecular flexibility index (Phi) is 4.79. The molecule has 1 spiro atoms. The lowest BCUT2D eigenvalue weighted by atomic mass is 9.79. The lowest BCUT2D eigenvalue weighted by Gasteiger charge is -2.50. The van der Waals surface area contributed by atoms with Gasteiger partial charge in [0.15, 0.2) is 0 Å². The van der Waals surface area contributed by atoms with E-state index in [1.54, 1.807) is 0 Å². The Balaban J connectivity index is 1.22. The van der Waals surface area contributed by atoms with Crippen molar-refractivity contribution in [3.8, 4) is 0 Å². The molecule has 2 amide bonds. The minimum absolute atomic E-state index is 0.0512. The molecule has 3 aliphatic heterocycles. The zero-order valence-corrected chi connectivity index (χ0v) is 15.0. The van der Waals surface area contributed by atoms with E-state index in [0.29, 0.717) is 5.92 Å². The molecule has 0 radical (unpaired) electrons. The summed E-state index contributed by atoms with van der Waals surface area (Å²) in [6.07, 6.45) is 4.46. The first-order valence-electron chi connectivity index (χ1n) is 9.17. The number of nitrogens with one attached hydrogen (secondary N) is 1. The lowest BCUT2D eigenvalue weighted by molar-refractivity contribution is -0.136. The number of amides is 2. The summed E-state index contributed by atoms with van der Waals surface area (Å²) in [4.78, 5) is 17.9. The first-order chi connectivity index (χ1) is 11.8. The van der Waals surface area contributed by atoms with Gasteiger partial charge in [-0.05, 0) is 43.0 Å². The standard InChI is InChI=1S/C18H27N3O2S/c22-17(21-8-1-2-9-21)19-7-5-15-6-10-23-18(15)13-20(14-18)12-16-4-3-11-24-16/h3-4,11,15H,1-2,5-10,12-14H2,(H,19,22)/t15-/m0/s1. The van der Waals surface area contributed by atoms with E-state index in [0.717, 1.165) is 71.6 Å². The Morgan fingerprint density at radius 3 is 2.96 bits per heavy atom. The predicted octanol–water partition coefficient (Wildman–Crippen LogP) is 2.53. The SMILES string of the molecule is O=C(NCC[C@H]1CCOC12CN(Cc1cccs1)C2)N1CCCC1. The Hall–Kier alpha value is -1.11. The van der Waals surface area contributed by atoms with E-state index in [1.807, 2.05) is 16.2 Å². The normalized spacial score (nSPS) is 26.0. The summed E-state index contributed by atoms with van der Waals surface area (Å²) in [5, 5.41) is 5.25. The second-order valence-electron chi connectivity index (χ2n) is 7.34. The fourth-order valence-electron chi connectivity index (χ4n) is 4.37. The third-order valence-electron chi connectivity index (χ3n) is 5.70. The van der Waals surface area contributed by atoms with E-state index < -0.39 is 0 Å². The molecule has 5 nitrogen and oxygen atoms in total. The first-order valence-corrected chi connectivity index (χ1v) is 10.0. The molecule has 0 saturated carbocycles. The molecule has 0 aromatic carbocycles. The highest BCUT2D eigenvalue weighted by molar-refractivity contribution is 7.09.